The van der Waals surface area contributed by atoms with Crippen LogP contribution in [-0.2, 0) is 9.53 Å². The summed E-state index contributed by atoms with van der Waals surface area (Å²) < 4.78 is 4.82. The topological polar surface area (TPSA) is 41.6 Å². The van der Waals surface area contributed by atoms with E-state index in [9.17, 15) is 4.79 Å². The van der Waals surface area contributed by atoms with Gasteiger partial charge >= 0.3 is 0 Å². The van der Waals surface area contributed by atoms with E-state index in [0.29, 0.717) is 13.0 Å². The van der Waals surface area contributed by atoms with Crippen LogP contribution in [0.3, 0.4) is 0 Å². The molecule has 1 aliphatic heterocycles. The van der Waals surface area contributed by atoms with Gasteiger partial charge in [-0.2, -0.15) is 0 Å². The lowest BCUT2D eigenvalue weighted by molar-refractivity contribution is -0.126. The molecule has 0 radical (unpaired) electrons. The van der Waals surface area contributed by atoms with Crippen LogP contribution >= 0.6 is 23.2 Å². The van der Waals surface area contributed by atoms with E-state index < -0.39 is 9.75 Å². The maximum Gasteiger partial charge on any atom is 0.229 e. The van der Waals surface area contributed by atoms with Crippen LogP contribution in [0.15, 0.2) is 0 Å². The Bertz CT molecular complexity index is 381. The molecule has 6 heteroatoms. The molecule has 1 N–H and O–H groups in total. The zero-order valence-corrected chi connectivity index (χ0v) is 14.1. The van der Waals surface area contributed by atoms with Crippen LogP contribution in [0, 0.1) is 5.41 Å². The molecule has 0 bridgehead atoms. The monoisotopic (exact) mass is 322 g/mol. The highest BCUT2D eigenvalue weighted by Crippen LogP contribution is 2.63. The van der Waals surface area contributed by atoms with Crippen molar-refractivity contribution in [3.63, 3.8) is 0 Å². The number of hydrogen-bond donors (Lipinski definition) is 1. The molecule has 1 amide bonds. The number of hydrogen-bond acceptors (Lipinski definition) is 3. The summed E-state index contributed by atoms with van der Waals surface area (Å²) in [7, 11) is 0. The van der Waals surface area contributed by atoms with Gasteiger partial charge in [0, 0.05) is 25.7 Å². The third-order valence-corrected chi connectivity index (χ3v) is 5.49. The normalized spacial score (nSPS) is 38.3. The molecule has 0 aromatic rings. The molecular weight excluding hydrogens is 299 g/mol. The first kappa shape index (κ1) is 16.3. The molecule has 4 atom stereocenters. The van der Waals surface area contributed by atoms with E-state index in [2.05, 4.69) is 31.0 Å². The van der Waals surface area contributed by atoms with E-state index in [1.165, 1.54) is 0 Å². The lowest BCUT2D eigenvalue weighted by Crippen LogP contribution is -2.52. The Labute approximate surface area is 131 Å². The van der Waals surface area contributed by atoms with Crippen molar-refractivity contribution in [2.45, 2.75) is 56.7 Å². The fourth-order valence-corrected chi connectivity index (χ4v) is 3.49. The predicted octanol–water partition coefficient (Wildman–Crippen LogP) is 2.18. The largest absolute Gasteiger partial charge is 0.373 e. The van der Waals surface area contributed by atoms with Crippen molar-refractivity contribution in [3.05, 3.63) is 0 Å². The summed E-state index contributed by atoms with van der Waals surface area (Å²) in [5.74, 6) is -0.0521. The van der Waals surface area contributed by atoms with Crippen molar-refractivity contribution in [2.75, 3.05) is 19.6 Å². The van der Waals surface area contributed by atoms with Gasteiger partial charge in [0.15, 0.2) is 0 Å². The molecule has 2 aliphatic rings. The molecule has 0 unspecified atom stereocenters. The molecule has 20 heavy (non-hydrogen) atoms. The fourth-order valence-electron chi connectivity index (χ4n) is 2.79. The Morgan fingerprint density at radius 3 is 2.35 bits per heavy atom. The number of nitrogens with one attached hydrogen (secondary N) is 1. The lowest BCUT2D eigenvalue weighted by Gasteiger charge is -2.39. The summed E-state index contributed by atoms with van der Waals surface area (Å²) in [4.78, 5) is 14.5. The first-order valence-corrected chi connectivity index (χ1v) is 7.97. The highest BCUT2D eigenvalue weighted by molar-refractivity contribution is 6.53. The molecule has 1 saturated carbocycles. The van der Waals surface area contributed by atoms with Gasteiger partial charge in [-0.1, -0.05) is 0 Å². The van der Waals surface area contributed by atoms with Crippen LogP contribution < -0.4 is 5.32 Å². The molecular formula is C14H24Cl2N2O2. The van der Waals surface area contributed by atoms with Crippen molar-refractivity contribution in [3.8, 4) is 0 Å². The van der Waals surface area contributed by atoms with E-state index in [1.807, 2.05) is 6.92 Å². The first-order chi connectivity index (χ1) is 9.15. The minimum atomic E-state index is -0.900. The van der Waals surface area contributed by atoms with Crippen molar-refractivity contribution >= 4 is 29.1 Å². The fraction of sp³-hybridized carbons (Fsp3) is 0.929. The van der Waals surface area contributed by atoms with Crippen LogP contribution in [-0.4, -0.2) is 53.0 Å². The lowest BCUT2D eigenvalue weighted by atomic mass is 10.1. The van der Waals surface area contributed by atoms with Crippen LogP contribution in [0.25, 0.3) is 0 Å². The Kier molecular flexibility index (Phi) is 4.60. The van der Waals surface area contributed by atoms with Gasteiger partial charge in [0.2, 0.25) is 5.91 Å². The number of ether oxygens (including phenoxy) is 1. The zero-order valence-electron chi connectivity index (χ0n) is 12.6. The highest BCUT2D eigenvalue weighted by atomic mass is 35.5. The minimum Gasteiger partial charge on any atom is -0.373 e. The molecule has 1 heterocycles. The second-order valence-corrected chi connectivity index (χ2v) is 7.97. The number of carbonyl (C=O) groups is 1. The van der Waals surface area contributed by atoms with Crippen LogP contribution in [0.4, 0.5) is 0 Å². The number of halogens is 2. The number of amides is 1. The summed E-state index contributed by atoms with van der Waals surface area (Å²) in [5.41, 5.74) is -0.637. The maximum absolute atomic E-state index is 12.1. The standard InChI is InChI=1S/C14H24Cl2N2O2/c1-9(18-6-10(2)20-11(3)7-18)5-17-12(19)13(4)8-14(13,15)16/h9-11H,5-8H2,1-4H3,(H,17,19)/t9-,10-,11+,13-/m1/s1. The average Bonchev–Trinajstić information content (AvgIpc) is 2.85. The van der Waals surface area contributed by atoms with Crippen LogP contribution in [0.1, 0.15) is 34.1 Å². The van der Waals surface area contributed by atoms with Gasteiger partial charge in [-0.15, -0.1) is 23.2 Å². The first-order valence-electron chi connectivity index (χ1n) is 7.21. The van der Waals surface area contributed by atoms with E-state index in [4.69, 9.17) is 27.9 Å². The van der Waals surface area contributed by atoms with E-state index in [1.54, 1.807) is 0 Å². The summed E-state index contributed by atoms with van der Waals surface area (Å²) >= 11 is 12.0. The van der Waals surface area contributed by atoms with Crippen molar-refractivity contribution < 1.29 is 9.53 Å². The van der Waals surface area contributed by atoms with Gasteiger partial charge in [0.05, 0.1) is 17.6 Å². The second kappa shape index (κ2) is 5.64. The van der Waals surface area contributed by atoms with E-state index in [0.717, 1.165) is 13.1 Å². The quantitative estimate of drug-likeness (QED) is 0.807. The summed E-state index contributed by atoms with van der Waals surface area (Å²) in [6, 6.07) is 0.273. The molecule has 2 fully saturated rings. The molecule has 1 aliphatic carbocycles. The van der Waals surface area contributed by atoms with Gasteiger partial charge in [0.25, 0.3) is 0 Å². The zero-order chi connectivity index (χ0) is 15.1. The van der Waals surface area contributed by atoms with Gasteiger partial charge in [-0.3, -0.25) is 9.69 Å². The molecule has 1 saturated heterocycles. The molecule has 4 nitrogen and oxygen atoms in total. The molecule has 2 rings (SSSR count). The van der Waals surface area contributed by atoms with Gasteiger partial charge in [-0.05, 0) is 34.1 Å². The highest BCUT2D eigenvalue weighted by Gasteiger charge is 2.67. The molecule has 0 spiro atoms. The van der Waals surface area contributed by atoms with Crippen LogP contribution in [0.5, 0.6) is 0 Å². The second-order valence-electron chi connectivity index (χ2n) is 6.48. The average molecular weight is 323 g/mol. The molecule has 0 aromatic carbocycles. The van der Waals surface area contributed by atoms with Gasteiger partial charge in [0.1, 0.15) is 4.33 Å². The maximum atomic E-state index is 12.1. The number of nitrogens with zero attached hydrogens (tertiary/aromatic N) is 1. The van der Waals surface area contributed by atoms with Crippen molar-refractivity contribution in [1.29, 1.82) is 0 Å². The van der Waals surface area contributed by atoms with E-state index >= 15 is 0 Å². The van der Waals surface area contributed by atoms with Gasteiger partial charge < -0.3 is 10.1 Å². The Balaban J connectivity index is 1.81. The van der Waals surface area contributed by atoms with E-state index in [-0.39, 0.29) is 24.2 Å². The Hall–Kier alpha value is -0.0300. The predicted molar refractivity (Wildman–Crippen MR) is 81.2 cm³/mol. The minimum absolute atomic E-state index is 0.0521. The van der Waals surface area contributed by atoms with Crippen LogP contribution in [0.2, 0.25) is 0 Å². The molecule has 116 valence electrons. The molecule has 0 aromatic heterocycles. The third-order valence-electron chi connectivity index (χ3n) is 4.39. The van der Waals surface area contributed by atoms with Crippen molar-refractivity contribution in [2.24, 2.45) is 5.41 Å². The Morgan fingerprint density at radius 2 is 1.90 bits per heavy atom. The number of alkyl halides is 2. The summed E-state index contributed by atoms with van der Waals surface area (Å²) in [6.45, 7) is 10.5. The SMILES string of the molecule is C[C@@H]1CN([C@H](C)CNC(=O)[C@@]2(C)CC2(Cl)Cl)C[C@H](C)O1. The number of rotatable bonds is 4. The third kappa shape index (κ3) is 3.24. The number of morpholine rings is 1. The van der Waals surface area contributed by atoms with Gasteiger partial charge in [-0.25, -0.2) is 0 Å². The Morgan fingerprint density at radius 1 is 1.40 bits per heavy atom. The summed E-state index contributed by atoms with van der Waals surface area (Å²) in [5, 5.41) is 2.98. The number of carbonyl (C=O) groups excluding carboxylic acids is 1. The smallest absolute Gasteiger partial charge is 0.229 e. The summed E-state index contributed by atoms with van der Waals surface area (Å²) in [6.07, 6.45) is 0.988. The van der Waals surface area contributed by atoms with Crippen molar-refractivity contribution in [1.82, 2.24) is 10.2 Å².